The second kappa shape index (κ2) is 8.69. The van der Waals surface area contributed by atoms with E-state index in [4.69, 9.17) is 0 Å². The third-order valence-electron chi connectivity index (χ3n) is 6.70. The highest BCUT2D eigenvalue weighted by Crippen LogP contribution is 2.41. The first kappa shape index (κ1) is 20.1. The topological polar surface area (TPSA) is 70.5 Å². The Hall–Kier alpha value is -2.15. The summed E-state index contributed by atoms with van der Waals surface area (Å²) in [4.78, 5) is 30.0. The summed E-state index contributed by atoms with van der Waals surface area (Å²) in [6.45, 7) is 8.10. The van der Waals surface area contributed by atoms with Crippen molar-refractivity contribution in [2.75, 3.05) is 26.2 Å². The molecule has 2 amide bonds. The molecule has 3 fully saturated rings. The number of likely N-dealkylation sites (tertiary alicyclic amines) is 1. The van der Waals surface area contributed by atoms with Gasteiger partial charge in [0, 0.05) is 51.0 Å². The molecule has 3 aliphatic heterocycles. The fourth-order valence-corrected chi connectivity index (χ4v) is 5.41. The number of rotatable bonds is 6. The molecule has 0 aromatic carbocycles. The average Bonchev–Trinajstić information content (AvgIpc) is 3.19. The van der Waals surface area contributed by atoms with Gasteiger partial charge < -0.3 is 10.2 Å². The van der Waals surface area contributed by atoms with E-state index in [0.29, 0.717) is 30.8 Å². The van der Waals surface area contributed by atoms with Crippen LogP contribution in [0.1, 0.15) is 39.5 Å². The highest BCUT2D eigenvalue weighted by atomic mass is 16.2. The first-order valence-corrected chi connectivity index (χ1v) is 10.9. The lowest BCUT2D eigenvalue weighted by Gasteiger charge is -2.56. The number of hydrogen-bond donors (Lipinski definition) is 1. The number of nitrogens with one attached hydrogen (secondary N) is 1. The molecule has 0 unspecified atom stereocenters. The molecule has 158 valence electrons. The summed E-state index contributed by atoms with van der Waals surface area (Å²) in [5, 5.41) is 7.19. The second-order valence-corrected chi connectivity index (χ2v) is 9.09. The molecular formula is C22H33N5O2. The molecule has 3 aliphatic rings. The maximum Gasteiger partial charge on any atom is 0.241 e. The van der Waals surface area contributed by atoms with Gasteiger partial charge in [0.25, 0.3) is 0 Å². The number of piperidine rings is 3. The van der Waals surface area contributed by atoms with Crippen molar-refractivity contribution in [1.82, 2.24) is 24.9 Å². The van der Waals surface area contributed by atoms with Crippen LogP contribution in [0.25, 0.3) is 0 Å². The van der Waals surface area contributed by atoms with Crippen LogP contribution in [-0.2, 0) is 16.1 Å². The molecule has 4 rings (SSSR count). The average molecular weight is 400 g/mol. The number of nitrogens with zero attached hydrogens (tertiary/aromatic N) is 4. The molecule has 7 nitrogen and oxygen atoms in total. The van der Waals surface area contributed by atoms with Crippen molar-refractivity contribution in [2.24, 2.45) is 11.8 Å². The van der Waals surface area contributed by atoms with Gasteiger partial charge in [0.15, 0.2) is 0 Å². The van der Waals surface area contributed by atoms with Gasteiger partial charge in [-0.2, -0.15) is 5.10 Å². The van der Waals surface area contributed by atoms with Crippen molar-refractivity contribution in [3.05, 3.63) is 30.1 Å². The lowest BCUT2D eigenvalue weighted by Crippen LogP contribution is -2.67. The van der Waals surface area contributed by atoms with Gasteiger partial charge in [-0.15, -0.1) is 0 Å². The molecule has 29 heavy (non-hydrogen) atoms. The Bertz CT molecular complexity index is 755. The monoisotopic (exact) mass is 399 g/mol. The molecule has 2 bridgehead atoms. The van der Waals surface area contributed by atoms with Crippen molar-refractivity contribution in [2.45, 2.75) is 58.2 Å². The van der Waals surface area contributed by atoms with Gasteiger partial charge >= 0.3 is 0 Å². The standard InChI is InChI=1S/C22H33N5O2/c1-16(2)7-10-25-13-17-11-18(14-25)20(27-19(17)5-3-6-22(27)29)12-23-21(28)15-26-9-4-8-24-26/h4,7-9,17-20H,3,5-6,10-15H2,1-2H3,(H,23,28)/t17-,18+,19+,20+/m1/s1. The van der Waals surface area contributed by atoms with E-state index in [1.807, 2.05) is 6.07 Å². The number of carbonyl (C=O) groups excluding carboxylic acids is 2. The van der Waals surface area contributed by atoms with Crippen LogP contribution in [0.5, 0.6) is 0 Å². The predicted octanol–water partition coefficient (Wildman–Crippen LogP) is 1.67. The first-order valence-electron chi connectivity index (χ1n) is 10.9. The summed E-state index contributed by atoms with van der Waals surface area (Å²) in [5.74, 6) is 1.20. The Morgan fingerprint density at radius 2 is 2.14 bits per heavy atom. The molecule has 1 N–H and O–H groups in total. The fourth-order valence-electron chi connectivity index (χ4n) is 5.41. The number of allylic oxidation sites excluding steroid dienone is 1. The summed E-state index contributed by atoms with van der Waals surface area (Å²) >= 11 is 0. The number of aromatic nitrogens is 2. The molecule has 0 spiro atoms. The van der Waals surface area contributed by atoms with E-state index in [1.54, 1.807) is 17.1 Å². The largest absolute Gasteiger partial charge is 0.352 e. The van der Waals surface area contributed by atoms with Crippen LogP contribution in [0.15, 0.2) is 30.1 Å². The summed E-state index contributed by atoms with van der Waals surface area (Å²) < 4.78 is 1.63. The fraction of sp³-hybridized carbons (Fsp3) is 0.682. The molecular weight excluding hydrogens is 366 g/mol. The van der Waals surface area contributed by atoms with Gasteiger partial charge in [-0.25, -0.2) is 0 Å². The zero-order valence-electron chi connectivity index (χ0n) is 17.6. The van der Waals surface area contributed by atoms with Crippen LogP contribution >= 0.6 is 0 Å². The maximum absolute atomic E-state index is 12.8. The highest BCUT2D eigenvalue weighted by Gasteiger charge is 2.49. The Kier molecular flexibility index (Phi) is 6.04. The van der Waals surface area contributed by atoms with Crippen molar-refractivity contribution in [1.29, 1.82) is 0 Å². The molecule has 0 aliphatic carbocycles. The lowest BCUT2D eigenvalue weighted by atomic mass is 9.72. The first-order chi connectivity index (χ1) is 14.0. The Balaban J connectivity index is 1.46. The Morgan fingerprint density at radius 3 is 2.90 bits per heavy atom. The van der Waals surface area contributed by atoms with E-state index >= 15 is 0 Å². The van der Waals surface area contributed by atoms with Crippen LogP contribution < -0.4 is 5.32 Å². The maximum atomic E-state index is 12.8. The van der Waals surface area contributed by atoms with E-state index in [-0.39, 0.29) is 24.4 Å². The minimum absolute atomic E-state index is 0.0472. The van der Waals surface area contributed by atoms with Gasteiger partial charge in [0.1, 0.15) is 6.54 Å². The molecule has 3 saturated heterocycles. The smallest absolute Gasteiger partial charge is 0.241 e. The van der Waals surface area contributed by atoms with Crippen molar-refractivity contribution in [3.8, 4) is 0 Å². The van der Waals surface area contributed by atoms with Crippen LogP contribution in [0.2, 0.25) is 0 Å². The van der Waals surface area contributed by atoms with Gasteiger partial charge in [0.05, 0.1) is 6.04 Å². The van der Waals surface area contributed by atoms with Crippen molar-refractivity contribution < 1.29 is 9.59 Å². The second-order valence-electron chi connectivity index (χ2n) is 9.09. The summed E-state index contributed by atoms with van der Waals surface area (Å²) in [6, 6.07) is 2.24. The molecule has 0 saturated carbocycles. The number of amides is 2. The van der Waals surface area contributed by atoms with E-state index < -0.39 is 0 Å². The van der Waals surface area contributed by atoms with Gasteiger partial charge in [-0.05, 0) is 51.0 Å². The Labute approximate surface area is 173 Å². The van der Waals surface area contributed by atoms with Crippen molar-refractivity contribution >= 4 is 11.8 Å². The summed E-state index contributed by atoms with van der Waals surface area (Å²) in [5.41, 5.74) is 1.35. The molecule has 1 aromatic rings. The summed E-state index contributed by atoms with van der Waals surface area (Å²) in [6.07, 6.45) is 9.66. The minimum atomic E-state index is -0.0472. The molecule has 4 atom stereocenters. The van der Waals surface area contributed by atoms with Gasteiger partial charge in [-0.1, -0.05) is 11.6 Å². The van der Waals surface area contributed by atoms with E-state index in [9.17, 15) is 9.59 Å². The number of carbonyl (C=O) groups is 2. The quantitative estimate of drug-likeness (QED) is 0.739. The minimum Gasteiger partial charge on any atom is -0.352 e. The predicted molar refractivity (Wildman–Crippen MR) is 111 cm³/mol. The van der Waals surface area contributed by atoms with E-state index in [2.05, 4.69) is 40.1 Å². The van der Waals surface area contributed by atoms with E-state index in [1.165, 1.54) is 12.0 Å². The van der Waals surface area contributed by atoms with Gasteiger partial charge in [0.2, 0.25) is 11.8 Å². The molecule has 1 aromatic heterocycles. The third kappa shape index (κ3) is 4.55. The SMILES string of the molecule is CC(C)=CCN1C[C@H]2C[C@@H](C1)[C@H](CNC(=O)Cn1cccn1)N1C(=O)CCC[C@@H]21. The zero-order valence-corrected chi connectivity index (χ0v) is 17.6. The summed E-state index contributed by atoms with van der Waals surface area (Å²) in [7, 11) is 0. The third-order valence-corrected chi connectivity index (χ3v) is 6.70. The normalized spacial score (nSPS) is 29.3. The van der Waals surface area contributed by atoms with Gasteiger partial charge in [-0.3, -0.25) is 19.2 Å². The molecule has 0 radical (unpaired) electrons. The lowest BCUT2D eigenvalue weighted by molar-refractivity contribution is -0.152. The van der Waals surface area contributed by atoms with Crippen LogP contribution in [0.4, 0.5) is 0 Å². The number of hydrogen-bond acceptors (Lipinski definition) is 4. The van der Waals surface area contributed by atoms with Crippen LogP contribution in [0.3, 0.4) is 0 Å². The van der Waals surface area contributed by atoms with Crippen LogP contribution in [0, 0.1) is 11.8 Å². The van der Waals surface area contributed by atoms with Crippen molar-refractivity contribution in [3.63, 3.8) is 0 Å². The number of fused-ring (bicyclic) bond motifs is 4. The molecule has 4 heterocycles. The highest BCUT2D eigenvalue weighted by molar-refractivity contribution is 5.78. The molecule has 7 heteroatoms. The Morgan fingerprint density at radius 1 is 1.31 bits per heavy atom. The van der Waals surface area contributed by atoms with E-state index in [0.717, 1.165) is 32.5 Å². The zero-order chi connectivity index (χ0) is 20.4. The van der Waals surface area contributed by atoms with Crippen LogP contribution in [-0.4, -0.2) is 69.7 Å².